The lowest BCUT2D eigenvalue weighted by molar-refractivity contribution is -0.384. The molecule has 1 aliphatic heterocycles. The monoisotopic (exact) mass is 337 g/mol. The second-order valence-corrected chi connectivity index (χ2v) is 5.82. The molecule has 1 aliphatic rings. The Morgan fingerprint density at radius 3 is 2.72 bits per heavy atom. The van der Waals surface area contributed by atoms with Crippen molar-refractivity contribution in [1.29, 1.82) is 0 Å². The van der Waals surface area contributed by atoms with Crippen molar-refractivity contribution in [3.8, 4) is 22.8 Å². The first-order valence-corrected chi connectivity index (χ1v) is 8.00. The Labute approximate surface area is 143 Å². The third-order valence-electron chi connectivity index (χ3n) is 4.21. The summed E-state index contributed by atoms with van der Waals surface area (Å²) < 4.78 is 5.28. The summed E-state index contributed by atoms with van der Waals surface area (Å²) in [5.74, 6) is 0.643. The van der Waals surface area contributed by atoms with Gasteiger partial charge in [-0.25, -0.2) is 0 Å². The molecule has 3 aromatic rings. The molecule has 0 spiro atoms. The third-order valence-corrected chi connectivity index (χ3v) is 4.21. The Kier molecular flexibility index (Phi) is 3.85. The van der Waals surface area contributed by atoms with E-state index in [0.29, 0.717) is 17.1 Å². The number of rotatable bonds is 4. The van der Waals surface area contributed by atoms with Gasteiger partial charge in [-0.1, -0.05) is 5.16 Å². The van der Waals surface area contributed by atoms with E-state index in [-0.39, 0.29) is 16.5 Å². The lowest BCUT2D eigenvalue weighted by Crippen LogP contribution is -2.18. The summed E-state index contributed by atoms with van der Waals surface area (Å²) in [6.07, 6.45) is 5.40. The van der Waals surface area contributed by atoms with Crippen LogP contribution in [0.5, 0.6) is 0 Å². The molecule has 0 N–H and O–H groups in total. The van der Waals surface area contributed by atoms with Gasteiger partial charge < -0.3 is 9.42 Å². The van der Waals surface area contributed by atoms with E-state index in [1.807, 2.05) is 11.0 Å². The highest BCUT2D eigenvalue weighted by atomic mass is 16.6. The second kappa shape index (κ2) is 6.31. The molecule has 4 rings (SSSR count). The summed E-state index contributed by atoms with van der Waals surface area (Å²) in [6.45, 7) is 1.68. The minimum atomic E-state index is -0.366. The van der Waals surface area contributed by atoms with Gasteiger partial charge in [0.2, 0.25) is 5.82 Å². The van der Waals surface area contributed by atoms with Crippen LogP contribution in [0.15, 0.2) is 47.2 Å². The number of benzene rings is 1. The molecule has 1 aromatic carbocycles. The van der Waals surface area contributed by atoms with E-state index in [2.05, 4.69) is 15.1 Å². The van der Waals surface area contributed by atoms with E-state index in [9.17, 15) is 10.1 Å². The van der Waals surface area contributed by atoms with Crippen LogP contribution in [0, 0.1) is 10.1 Å². The number of anilines is 1. The second-order valence-electron chi connectivity index (χ2n) is 5.82. The van der Waals surface area contributed by atoms with Crippen LogP contribution in [0.25, 0.3) is 22.8 Å². The topological polar surface area (TPSA) is 98.2 Å². The number of nitrogens with zero attached hydrogens (tertiary/aromatic N) is 5. The first kappa shape index (κ1) is 15.3. The highest BCUT2D eigenvalue weighted by molar-refractivity contribution is 5.71. The molecule has 25 heavy (non-hydrogen) atoms. The molecule has 0 saturated carbocycles. The fourth-order valence-electron chi connectivity index (χ4n) is 2.98. The molecule has 0 bridgehead atoms. The summed E-state index contributed by atoms with van der Waals surface area (Å²) in [4.78, 5) is 21.5. The minimum Gasteiger partial charge on any atom is -0.366 e. The standard InChI is InChI=1S/C17H15N5O3/c23-22(24)15-10-12(5-6-14(15)21-8-1-2-9-21)17-19-16(20-25-17)13-4-3-7-18-11-13/h3-7,10-11H,1-2,8-9H2. The van der Waals surface area contributed by atoms with E-state index >= 15 is 0 Å². The molecule has 126 valence electrons. The van der Waals surface area contributed by atoms with Crippen molar-refractivity contribution >= 4 is 11.4 Å². The van der Waals surface area contributed by atoms with Gasteiger partial charge in [-0.3, -0.25) is 15.1 Å². The van der Waals surface area contributed by atoms with E-state index in [1.165, 1.54) is 6.07 Å². The number of hydrogen-bond acceptors (Lipinski definition) is 7. The number of aromatic nitrogens is 3. The minimum absolute atomic E-state index is 0.0560. The molecule has 3 heterocycles. The Hall–Kier alpha value is -3.29. The van der Waals surface area contributed by atoms with E-state index in [0.717, 1.165) is 31.5 Å². The molecule has 0 atom stereocenters. The number of pyridine rings is 1. The number of hydrogen-bond donors (Lipinski definition) is 0. The first-order chi connectivity index (χ1) is 12.2. The summed E-state index contributed by atoms with van der Waals surface area (Å²) in [5, 5.41) is 15.4. The average Bonchev–Trinajstić information content (AvgIpc) is 3.34. The lowest BCUT2D eigenvalue weighted by Gasteiger charge is -2.17. The van der Waals surface area contributed by atoms with Crippen LogP contribution in [0.2, 0.25) is 0 Å². The average molecular weight is 337 g/mol. The maximum atomic E-state index is 11.5. The van der Waals surface area contributed by atoms with Gasteiger partial charge in [-0.2, -0.15) is 4.98 Å². The van der Waals surface area contributed by atoms with Crippen LogP contribution >= 0.6 is 0 Å². The molecular weight excluding hydrogens is 322 g/mol. The number of nitro benzene ring substituents is 1. The van der Waals surface area contributed by atoms with Crippen LogP contribution in [0.4, 0.5) is 11.4 Å². The third kappa shape index (κ3) is 2.93. The zero-order valence-electron chi connectivity index (χ0n) is 13.3. The van der Waals surface area contributed by atoms with Crippen molar-refractivity contribution in [2.75, 3.05) is 18.0 Å². The van der Waals surface area contributed by atoms with Gasteiger partial charge in [0.05, 0.1) is 4.92 Å². The highest BCUT2D eigenvalue weighted by Gasteiger charge is 2.24. The smallest absolute Gasteiger partial charge is 0.293 e. The van der Waals surface area contributed by atoms with Crippen LogP contribution in [-0.4, -0.2) is 33.1 Å². The number of nitro groups is 1. The largest absolute Gasteiger partial charge is 0.366 e. The van der Waals surface area contributed by atoms with Gasteiger partial charge >= 0.3 is 0 Å². The van der Waals surface area contributed by atoms with Crippen molar-refractivity contribution in [1.82, 2.24) is 15.1 Å². The molecule has 8 nitrogen and oxygen atoms in total. The molecule has 0 aliphatic carbocycles. The molecule has 0 radical (unpaired) electrons. The van der Waals surface area contributed by atoms with E-state index in [1.54, 1.807) is 30.6 Å². The summed E-state index contributed by atoms with van der Waals surface area (Å²) in [5.41, 5.74) is 1.94. The van der Waals surface area contributed by atoms with Gasteiger partial charge in [-0.05, 0) is 37.1 Å². The molecule has 1 fully saturated rings. The van der Waals surface area contributed by atoms with Crippen LogP contribution < -0.4 is 4.90 Å². The Morgan fingerprint density at radius 2 is 2.00 bits per heavy atom. The van der Waals surface area contributed by atoms with Gasteiger partial charge in [0.1, 0.15) is 5.69 Å². The van der Waals surface area contributed by atoms with Crippen molar-refractivity contribution in [2.24, 2.45) is 0 Å². The summed E-state index contributed by atoms with van der Waals surface area (Å²) in [7, 11) is 0. The van der Waals surface area contributed by atoms with Gasteiger partial charge in [0.25, 0.3) is 11.6 Å². The van der Waals surface area contributed by atoms with Gasteiger partial charge in [0, 0.05) is 42.7 Å². The SMILES string of the molecule is O=[N+]([O-])c1cc(-c2nc(-c3cccnc3)no2)ccc1N1CCCC1. The maximum Gasteiger partial charge on any atom is 0.293 e. The quantitative estimate of drug-likeness (QED) is 0.532. The predicted molar refractivity (Wildman–Crippen MR) is 91.1 cm³/mol. The molecule has 2 aromatic heterocycles. The lowest BCUT2D eigenvalue weighted by atomic mass is 10.1. The Balaban J connectivity index is 1.70. The Morgan fingerprint density at radius 1 is 1.16 bits per heavy atom. The normalized spacial score (nSPS) is 14.0. The fraction of sp³-hybridized carbons (Fsp3) is 0.235. The van der Waals surface area contributed by atoms with Gasteiger partial charge in [-0.15, -0.1) is 0 Å². The van der Waals surface area contributed by atoms with E-state index < -0.39 is 0 Å². The van der Waals surface area contributed by atoms with Crippen molar-refractivity contribution in [2.45, 2.75) is 12.8 Å². The summed E-state index contributed by atoms with van der Waals surface area (Å²) in [6, 6.07) is 8.63. The van der Waals surface area contributed by atoms with Gasteiger partial charge in [0.15, 0.2) is 0 Å². The molecule has 0 unspecified atom stereocenters. The highest BCUT2D eigenvalue weighted by Crippen LogP contribution is 2.34. The molecule has 0 amide bonds. The molecular formula is C17H15N5O3. The van der Waals surface area contributed by atoms with Crippen LogP contribution in [-0.2, 0) is 0 Å². The first-order valence-electron chi connectivity index (χ1n) is 8.00. The molecule has 8 heteroatoms. The van der Waals surface area contributed by atoms with Crippen LogP contribution in [0.1, 0.15) is 12.8 Å². The van der Waals surface area contributed by atoms with E-state index in [4.69, 9.17) is 4.52 Å². The van der Waals surface area contributed by atoms with Crippen molar-refractivity contribution in [3.63, 3.8) is 0 Å². The van der Waals surface area contributed by atoms with Crippen molar-refractivity contribution in [3.05, 3.63) is 52.8 Å². The Bertz CT molecular complexity index is 904. The summed E-state index contributed by atoms with van der Waals surface area (Å²) >= 11 is 0. The van der Waals surface area contributed by atoms with Crippen molar-refractivity contribution < 1.29 is 9.45 Å². The zero-order chi connectivity index (χ0) is 17.2. The fourth-order valence-corrected chi connectivity index (χ4v) is 2.98. The maximum absolute atomic E-state index is 11.5. The zero-order valence-corrected chi connectivity index (χ0v) is 13.3. The van der Waals surface area contributed by atoms with Crippen LogP contribution in [0.3, 0.4) is 0 Å². The molecule has 1 saturated heterocycles. The predicted octanol–water partition coefficient (Wildman–Crippen LogP) is 3.31.